The second-order valence-electron chi connectivity index (χ2n) is 1.68. The van der Waals surface area contributed by atoms with Crippen molar-refractivity contribution in [3.8, 4) is 5.75 Å². The fourth-order valence-corrected chi connectivity index (χ4v) is 0.587. The van der Waals surface area contributed by atoms with E-state index in [1.165, 1.54) is 6.07 Å². The van der Waals surface area contributed by atoms with Gasteiger partial charge in [0.1, 0.15) is 5.75 Å². The number of phenolic OH excluding ortho intramolecular Hbond substituents is 1. The van der Waals surface area contributed by atoms with Crippen LogP contribution < -0.4 is 0 Å². The third kappa shape index (κ3) is 10.6. The van der Waals surface area contributed by atoms with Gasteiger partial charge < -0.3 is 5.11 Å². The number of phenols is 1. The lowest BCUT2D eigenvalue weighted by Gasteiger charge is -1.91. The first-order valence-corrected chi connectivity index (χ1v) is 2.58. The lowest BCUT2D eigenvalue weighted by atomic mass is 10.2. The molecule has 8 heteroatoms. The van der Waals surface area contributed by atoms with Crippen LogP contribution >= 0.6 is 13.5 Å². The zero-order valence-corrected chi connectivity index (χ0v) is 8.28. The normalized spacial score (nSPS) is 5.33. The Hall–Kier alpha value is -1.31. The van der Waals surface area contributed by atoms with Crippen molar-refractivity contribution in [2.24, 2.45) is 0 Å². The number of rotatable bonds is 1. The molecule has 0 atom stereocenters. The summed E-state index contributed by atoms with van der Waals surface area (Å²) in [5.74, 6) is 0.0347. The van der Waals surface area contributed by atoms with E-state index in [4.69, 9.17) is 5.11 Å². The van der Waals surface area contributed by atoms with Crippen LogP contribution in [0, 0.1) is 0 Å². The van der Waals surface area contributed by atoms with E-state index in [0.717, 1.165) is 0 Å². The van der Waals surface area contributed by atoms with Gasteiger partial charge in [0.2, 0.25) is 0 Å². The van der Waals surface area contributed by atoms with E-state index >= 15 is 0 Å². The van der Waals surface area contributed by atoms with Crippen LogP contribution in [0.4, 0.5) is 23.5 Å². The van der Waals surface area contributed by atoms with Gasteiger partial charge in [-0.3, -0.25) is 28.3 Å². The average molecular weight is 256 g/mol. The molecule has 1 N–H and O–H groups in total. The second-order valence-corrected chi connectivity index (χ2v) is 1.68. The Labute approximate surface area is 89.6 Å². The summed E-state index contributed by atoms with van der Waals surface area (Å²) in [5.41, 5.74) is 0.331. The van der Waals surface area contributed by atoms with Gasteiger partial charge in [-0.05, 0) is 12.1 Å². The molecule has 0 unspecified atom stereocenters. The highest BCUT2D eigenvalue weighted by Gasteiger charge is 1.93. The van der Waals surface area contributed by atoms with Gasteiger partial charge in [0.15, 0.2) is 6.29 Å². The third-order valence-electron chi connectivity index (χ3n) is 1.06. The Kier molecular flexibility index (Phi) is 45.9. The molecule has 0 amide bonds. The molecule has 0 heterocycles. The number of benzene rings is 1. The Morgan fingerprint density at radius 3 is 1.60 bits per heavy atom. The SMILES string of the molecule is F.F.F.F.F.O=Cc1ccccc1O.S. The highest BCUT2D eigenvalue weighted by atomic mass is 32.1. The smallest absolute Gasteiger partial charge is 0.153 e. The molecular weight excluding hydrogens is 243 g/mol. The van der Waals surface area contributed by atoms with Crippen LogP contribution in [0.25, 0.3) is 0 Å². The maximum absolute atomic E-state index is 10.1. The van der Waals surface area contributed by atoms with Crippen LogP contribution in [0.1, 0.15) is 10.4 Å². The highest BCUT2D eigenvalue weighted by Crippen LogP contribution is 2.11. The molecule has 15 heavy (non-hydrogen) atoms. The van der Waals surface area contributed by atoms with E-state index in [-0.39, 0.29) is 42.8 Å². The van der Waals surface area contributed by atoms with Crippen molar-refractivity contribution >= 4 is 19.8 Å². The van der Waals surface area contributed by atoms with E-state index in [2.05, 4.69) is 0 Å². The quantitative estimate of drug-likeness (QED) is 0.617. The predicted molar refractivity (Wildman–Crippen MR) is 56.4 cm³/mol. The minimum atomic E-state index is 0. The molecule has 0 saturated heterocycles. The van der Waals surface area contributed by atoms with E-state index < -0.39 is 0 Å². The first-order valence-electron chi connectivity index (χ1n) is 2.58. The van der Waals surface area contributed by atoms with E-state index in [9.17, 15) is 4.79 Å². The lowest BCUT2D eigenvalue weighted by Crippen LogP contribution is -1.77. The number of hydrogen-bond acceptors (Lipinski definition) is 2. The molecular formula is C7H13F5O2S. The monoisotopic (exact) mass is 256 g/mol. The largest absolute Gasteiger partial charge is 0.507 e. The van der Waals surface area contributed by atoms with Crippen molar-refractivity contribution in [2.75, 3.05) is 0 Å². The fraction of sp³-hybridized carbons (Fsp3) is 0. The van der Waals surface area contributed by atoms with Gasteiger partial charge >= 0.3 is 0 Å². The van der Waals surface area contributed by atoms with Crippen molar-refractivity contribution in [1.82, 2.24) is 0 Å². The van der Waals surface area contributed by atoms with Crippen molar-refractivity contribution in [3.05, 3.63) is 29.8 Å². The number of halogens is 5. The number of para-hydroxylation sites is 1. The van der Waals surface area contributed by atoms with E-state index in [0.29, 0.717) is 11.8 Å². The summed E-state index contributed by atoms with van der Waals surface area (Å²) in [6.07, 6.45) is 0.620. The molecule has 0 aliphatic rings. The minimum Gasteiger partial charge on any atom is -0.507 e. The summed E-state index contributed by atoms with van der Waals surface area (Å²) < 4.78 is 0. The number of aldehydes is 1. The standard InChI is InChI=1S/C7H6O2.5FH.H2S/c8-5-6-3-1-2-4-7(6)9;;;;;;/h1-5,9H;5*1H;1H2. The molecule has 0 fully saturated rings. The van der Waals surface area contributed by atoms with Crippen LogP contribution in [0.5, 0.6) is 5.75 Å². The Morgan fingerprint density at radius 1 is 0.933 bits per heavy atom. The molecule has 1 rings (SSSR count). The van der Waals surface area contributed by atoms with Gasteiger partial charge in [0, 0.05) is 0 Å². The van der Waals surface area contributed by atoms with Crippen molar-refractivity contribution in [1.29, 1.82) is 0 Å². The maximum Gasteiger partial charge on any atom is 0.153 e. The molecule has 94 valence electrons. The predicted octanol–water partition coefficient (Wildman–Crippen LogP) is 2.08. The summed E-state index contributed by atoms with van der Waals surface area (Å²) >= 11 is 0. The number of carbonyl (C=O) groups is 1. The Bertz CT molecular complexity index is 236. The fourth-order valence-electron chi connectivity index (χ4n) is 0.587. The highest BCUT2D eigenvalue weighted by molar-refractivity contribution is 7.59. The molecule has 0 radical (unpaired) electrons. The Morgan fingerprint density at radius 2 is 1.33 bits per heavy atom. The number of hydrogen-bond donors (Lipinski definition) is 1. The van der Waals surface area contributed by atoms with Gasteiger partial charge in [-0.15, -0.1) is 0 Å². The molecule has 0 aliphatic heterocycles. The van der Waals surface area contributed by atoms with Crippen LogP contribution in [-0.4, -0.2) is 11.4 Å². The zero-order valence-electron chi connectivity index (χ0n) is 7.28. The molecule has 0 spiro atoms. The lowest BCUT2D eigenvalue weighted by molar-refractivity contribution is 0.112. The molecule has 0 bridgehead atoms. The number of aromatic hydroxyl groups is 1. The first-order chi connectivity index (χ1) is 4.34. The molecule has 0 aromatic heterocycles. The van der Waals surface area contributed by atoms with E-state index in [1.54, 1.807) is 18.2 Å². The van der Waals surface area contributed by atoms with Crippen LogP contribution in [-0.2, 0) is 0 Å². The van der Waals surface area contributed by atoms with Gasteiger partial charge in [-0.25, -0.2) is 0 Å². The second kappa shape index (κ2) is 18.5. The zero-order chi connectivity index (χ0) is 6.69. The minimum absolute atomic E-state index is 0. The molecule has 1 aromatic carbocycles. The van der Waals surface area contributed by atoms with Crippen LogP contribution in [0.3, 0.4) is 0 Å². The third-order valence-corrected chi connectivity index (χ3v) is 1.06. The topological polar surface area (TPSA) is 37.3 Å². The van der Waals surface area contributed by atoms with Gasteiger partial charge in [-0.2, -0.15) is 13.5 Å². The van der Waals surface area contributed by atoms with Crippen molar-refractivity contribution < 1.29 is 33.4 Å². The maximum atomic E-state index is 10.1. The van der Waals surface area contributed by atoms with Crippen molar-refractivity contribution in [3.63, 3.8) is 0 Å². The summed E-state index contributed by atoms with van der Waals surface area (Å²) in [6.45, 7) is 0. The van der Waals surface area contributed by atoms with Gasteiger partial charge in [-0.1, -0.05) is 12.1 Å². The van der Waals surface area contributed by atoms with Crippen LogP contribution in [0.2, 0.25) is 0 Å². The average Bonchev–Trinajstić information content (AvgIpc) is 1.89. The Balaban J connectivity index is -0.0000000337. The molecule has 1 aromatic rings. The van der Waals surface area contributed by atoms with Gasteiger partial charge in [0.05, 0.1) is 5.56 Å². The van der Waals surface area contributed by atoms with Crippen LogP contribution in [0.15, 0.2) is 24.3 Å². The first kappa shape index (κ1) is 37.3. The summed E-state index contributed by atoms with van der Waals surface area (Å²) in [6, 6.07) is 6.40. The summed E-state index contributed by atoms with van der Waals surface area (Å²) in [4.78, 5) is 10.1. The molecule has 0 aliphatic carbocycles. The van der Waals surface area contributed by atoms with Crippen molar-refractivity contribution in [2.45, 2.75) is 0 Å². The summed E-state index contributed by atoms with van der Waals surface area (Å²) in [5, 5.41) is 8.88. The van der Waals surface area contributed by atoms with Gasteiger partial charge in [0.25, 0.3) is 0 Å². The number of carbonyl (C=O) groups excluding carboxylic acids is 1. The summed E-state index contributed by atoms with van der Waals surface area (Å²) in [7, 11) is 0. The van der Waals surface area contributed by atoms with E-state index in [1.807, 2.05) is 0 Å². The molecule has 0 saturated carbocycles. The molecule has 2 nitrogen and oxygen atoms in total.